The number of hydrogen-bond acceptors (Lipinski definition) is 2. The van der Waals surface area contributed by atoms with Crippen LogP contribution in [-0.2, 0) is 5.66 Å². The lowest BCUT2D eigenvalue weighted by Crippen LogP contribution is -2.78. The third-order valence-electron chi connectivity index (χ3n) is 9.93. The van der Waals surface area contributed by atoms with Crippen LogP contribution in [-0.4, -0.2) is 14.0 Å². The summed E-state index contributed by atoms with van der Waals surface area (Å²) in [7, 11) is 0. The molecule has 9 aromatic rings. The van der Waals surface area contributed by atoms with Gasteiger partial charge in [0.1, 0.15) is 33.7 Å². The zero-order valence-electron chi connectivity index (χ0n) is 22.1. The summed E-state index contributed by atoms with van der Waals surface area (Å²) in [5.41, 5.74) is 8.48. The predicted octanol–water partition coefficient (Wildman–Crippen LogP) is 6.50. The molecule has 3 aliphatic heterocycles. The van der Waals surface area contributed by atoms with E-state index < -0.39 is 5.66 Å². The van der Waals surface area contributed by atoms with Gasteiger partial charge in [0.15, 0.2) is 16.6 Å². The average molecular weight is 538 g/mol. The monoisotopic (exact) mass is 537 g/mol. The van der Waals surface area contributed by atoms with Gasteiger partial charge >= 0.3 is 5.66 Å². The van der Waals surface area contributed by atoms with Crippen LogP contribution >= 0.6 is 0 Å². The Kier molecular flexibility index (Phi) is 3.01. The molecule has 9 heterocycles. The molecule has 0 fully saturated rings. The first-order valence-corrected chi connectivity index (χ1v) is 14.3. The highest BCUT2D eigenvalue weighted by molar-refractivity contribution is 6.16. The molecule has 42 heavy (non-hydrogen) atoms. The smallest absolute Gasteiger partial charge is 0.321 e. The van der Waals surface area contributed by atoms with Crippen LogP contribution in [0, 0.1) is 0 Å². The van der Waals surface area contributed by atoms with E-state index >= 15 is 0 Å². The molecule has 1 unspecified atom stereocenters. The van der Waals surface area contributed by atoms with Gasteiger partial charge in [0.05, 0.1) is 17.8 Å². The van der Waals surface area contributed by atoms with Gasteiger partial charge in [0, 0.05) is 39.9 Å². The van der Waals surface area contributed by atoms with Crippen molar-refractivity contribution in [2.45, 2.75) is 5.66 Å². The van der Waals surface area contributed by atoms with Crippen LogP contribution in [0.3, 0.4) is 0 Å². The van der Waals surface area contributed by atoms with E-state index in [1.807, 2.05) is 12.3 Å². The number of rotatable bonds is 0. The van der Waals surface area contributed by atoms with Crippen LogP contribution in [0.2, 0.25) is 0 Å². The number of ether oxygens (including phenoxy) is 1. The summed E-state index contributed by atoms with van der Waals surface area (Å²) in [6.45, 7) is 0. The highest BCUT2D eigenvalue weighted by Gasteiger charge is 2.63. The van der Waals surface area contributed by atoms with Gasteiger partial charge in [-0.05, 0) is 60.7 Å². The molecule has 6 nitrogen and oxygen atoms in total. The Bertz CT molecular complexity index is 2790. The van der Waals surface area contributed by atoms with E-state index in [0.29, 0.717) is 0 Å². The summed E-state index contributed by atoms with van der Waals surface area (Å²) < 4.78 is 16.7. The van der Waals surface area contributed by atoms with E-state index in [-0.39, 0.29) is 0 Å². The Hall–Kier alpha value is -5.75. The Labute approximate surface area is 237 Å². The van der Waals surface area contributed by atoms with Gasteiger partial charge < -0.3 is 4.74 Å². The Morgan fingerprint density at radius 3 is 2.36 bits per heavy atom. The second-order valence-electron chi connectivity index (χ2n) is 11.6. The molecule has 6 aromatic heterocycles. The fraction of sp³-hybridized carbons (Fsp3) is 0.0278. The van der Waals surface area contributed by atoms with Gasteiger partial charge in [-0.25, -0.2) is 0 Å². The van der Waals surface area contributed by atoms with Crippen molar-refractivity contribution in [2.75, 3.05) is 0 Å². The van der Waals surface area contributed by atoms with Gasteiger partial charge in [0.25, 0.3) is 11.5 Å². The maximum Gasteiger partial charge on any atom is 0.321 e. The predicted molar refractivity (Wildman–Crippen MR) is 161 cm³/mol. The van der Waals surface area contributed by atoms with Crippen LogP contribution in [0.25, 0.3) is 66.0 Å². The lowest BCUT2D eigenvalue weighted by atomic mass is 9.81. The van der Waals surface area contributed by atoms with Crippen LogP contribution in [0.5, 0.6) is 11.5 Å². The molecule has 0 aliphatic carbocycles. The molecule has 12 rings (SSSR count). The van der Waals surface area contributed by atoms with Crippen molar-refractivity contribution in [1.82, 2.24) is 14.0 Å². The molecule has 1 spiro atoms. The van der Waals surface area contributed by atoms with Gasteiger partial charge in [-0.1, -0.05) is 24.3 Å². The van der Waals surface area contributed by atoms with Crippen molar-refractivity contribution in [2.24, 2.45) is 0 Å². The highest BCUT2D eigenvalue weighted by atomic mass is 16.5. The summed E-state index contributed by atoms with van der Waals surface area (Å²) in [4.78, 5) is 4.89. The van der Waals surface area contributed by atoms with Crippen LogP contribution in [0.4, 0.5) is 0 Å². The average Bonchev–Trinajstić information content (AvgIpc) is 3.61. The maximum absolute atomic E-state index is 6.92. The van der Waals surface area contributed by atoms with E-state index in [0.717, 1.165) is 44.9 Å². The van der Waals surface area contributed by atoms with Crippen molar-refractivity contribution in [1.29, 1.82) is 0 Å². The first-order valence-electron chi connectivity index (χ1n) is 14.3. The minimum absolute atomic E-state index is 0.709. The molecule has 3 aromatic carbocycles. The summed E-state index contributed by atoms with van der Waals surface area (Å²) in [6.07, 6.45) is 6.39. The van der Waals surface area contributed by atoms with Gasteiger partial charge in [0.2, 0.25) is 0 Å². The van der Waals surface area contributed by atoms with Gasteiger partial charge in [-0.3, -0.25) is 4.98 Å². The van der Waals surface area contributed by atoms with Crippen LogP contribution in [0.15, 0.2) is 116 Å². The number of pyridine rings is 4. The SMILES string of the molecule is c1cc[n+]2c(c1)-n1c3ccccc3c3ccc4c(c31)C21c2c(ccc3c5cccnc5c5cc6ccc[n+]1c6n5c23)O4. The van der Waals surface area contributed by atoms with Gasteiger partial charge in [-0.15, -0.1) is 0 Å². The third-order valence-corrected chi connectivity index (χ3v) is 9.93. The Morgan fingerprint density at radius 2 is 1.43 bits per heavy atom. The van der Waals surface area contributed by atoms with E-state index in [9.17, 15) is 0 Å². The number of aromatic nitrogens is 5. The largest absolute Gasteiger partial charge is 0.456 e. The normalized spacial score (nSPS) is 17.3. The topological polar surface area (TPSA) is 39.2 Å². The number of para-hydroxylation sites is 1. The van der Waals surface area contributed by atoms with Crippen molar-refractivity contribution >= 4 is 60.2 Å². The number of nitrogens with zero attached hydrogens (tertiary/aromatic N) is 5. The van der Waals surface area contributed by atoms with Gasteiger partial charge in [-0.2, -0.15) is 18.1 Å². The van der Waals surface area contributed by atoms with E-state index in [4.69, 9.17) is 9.72 Å². The second kappa shape index (κ2) is 6.26. The molecule has 0 amide bonds. The number of benzene rings is 3. The number of fused-ring (bicyclic) bond motifs is 8. The molecule has 0 bridgehead atoms. The summed E-state index contributed by atoms with van der Waals surface area (Å²) in [5, 5.41) is 6.00. The first-order chi connectivity index (χ1) is 20.9. The lowest BCUT2D eigenvalue weighted by Gasteiger charge is -2.40. The zero-order valence-corrected chi connectivity index (χ0v) is 22.1. The summed E-state index contributed by atoms with van der Waals surface area (Å²) in [6, 6.07) is 35.0. The summed E-state index contributed by atoms with van der Waals surface area (Å²) >= 11 is 0. The second-order valence-corrected chi connectivity index (χ2v) is 11.6. The maximum atomic E-state index is 6.92. The molecule has 3 aliphatic rings. The summed E-state index contributed by atoms with van der Waals surface area (Å²) in [5.74, 6) is 2.90. The molecule has 0 saturated carbocycles. The molecule has 0 saturated heterocycles. The molecular formula is C36H19N5O+2. The molecule has 1 atom stereocenters. The Balaban J connectivity index is 1.46. The van der Waals surface area contributed by atoms with Crippen molar-refractivity contribution < 1.29 is 13.9 Å². The molecule has 192 valence electrons. The standard InChI is InChI=1S/C36H19N5O/c1-2-10-25-21(8-1)23-12-14-27-30-33(23)40(25)29-11-3-4-17-38(29)36(30)31-28(42-27)15-13-24-22-9-5-16-37-32(22)26-19-20-7-6-18-39(36)35(20)41(26)34(24)31/h1-19H/q+2. The quantitative estimate of drug-likeness (QED) is 0.164. The Morgan fingerprint density at radius 1 is 0.643 bits per heavy atom. The molecule has 6 heteroatoms. The first kappa shape index (κ1) is 20.2. The molecule has 0 radical (unpaired) electrons. The third kappa shape index (κ3) is 1.85. The van der Waals surface area contributed by atoms with Crippen molar-refractivity contribution in [3.05, 3.63) is 127 Å². The minimum Gasteiger partial charge on any atom is -0.456 e. The van der Waals surface area contributed by atoms with Crippen LogP contribution < -0.4 is 13.9 Å². The fourth-order valence-electron chi connectivity index (χ4n) is 8.56. The van der Waals surface area contributed by atoms with E-state index in [2.05, 4.69) is 121 Å². The molecular weight excluding hydrogens is 518 g/mol. The number of hydrogen-bond donors (Lipinski definition) is 0. The van der Waals surface area contributed by atoms with E-state index in [1.54, 1.807) is 0 Å². The lowest BCUT2D eigenvalue weighted by molar-refractivity contribution is -0.960. The van der Waals surface area contributed by atoms with Crippen molar-refractivity contribution in [3.8, 4) is 17.3 Å². The van der Waals surface area contributed by atoms with E-state index in [1.165, 1.54) is 43.7 Å². The fourth-order valence-corrected chi connectivity index (χ4v) is 8.56. The molecule has 0 N–H and O–H groups in total. The van der Waals surface area contributed by atoms with Crippen molar-refractivity contribution in [3.63, 3.8) is 0 Å². The zero-order chi connectivity index (χ0) is 26.9. The highest BCUT2D eigenvalue weighted by Crippen LogP contribution is 2.55. The minimum atomic E-state index is -0.709. The van der Waals surface area contributed by atoms with Crippen LogP contribution in [0.1, 0.15) is 11.1 Å².